The van der Waals surface area contributed by atoms with Crippen LogP contribution in [-0.2, 0) is 11.3 Å². The van der Waals surface area contributed by atoms with Crippen LogP contribution in [0.15, 0.2) is 23.2 Å². The van der Waals surface area contributed by atoms with Gasteiger partial charge in [0.2, 0.25) is 6.08 Å². The van der Waals surface area contributed by atoms with E-state index in [1.165, 1.54) is 19.3 Å². The fourth-order valence-corrected chi connectivity index (χ4v) is 2.58. The maximum absolute atomic E-state index is 10.3. The fraction of sp³-hybridized carbons (Fsp3) is 0.429. The molecule has 0 bridgehead atoms. The zero-order valence-electron chi connectivity index (χ0n) is 10.7. The van der Waals surface area contributed by atoms with Crippen LogP contribution in [0, 0.1) is 0 Å². The summed E-state index contributed by atoms with van der Waals surface area (Å²) in [6.07, 6.45) is 5.44. The first-order chi connectivity index (χ1) is 9.35. The lowest BCUT2D eigenvalue weighted by Gasteiger charge is -2.25. The van der Waals surface area contributed by atoms with Crippen molar-refractivity contribution < 1.29 is 4.79 Å². The number of aliphatic imine (C=N–C) groups is 1. The third-order valence-electron chi connectivity index (χ3n) is 3.51. The first-order valence-electron chi connectivity index (χ1n) is 6.64. The molecule has 1 saturated heterocycles. The highest BCUT2D eigenvalue weighted by molar-refractivity contribution is 5.79. The predicted molar refractivity (Wildman–Crippen MR) is 73.0 cm³/mol. The summed E-state index contributed by atoms with van der Waals surface area (Å²) in [7, 11) is 0. The summed E-state index contributed by atoms with van der Waals surface area (Å²) in [5.74, 6) is 0.976. The third-order valence-corrected chi connectivity index (χ3v) is 3.51. The van der Waals surface area contributed by atoms with E-state index >= 15 is 0 Å². The SMILES string of the molecule is O=C=Nc1ccc2nc(CN3CCCCC3)[nH]c2c1. The molecule has 1 aromatic carbocycles. The van der Waals surface area contributed by atoms with Crippen LogP contribution in [0.1, 0.15) is 25.1 Å². The van der Waals surface area contributed by atoms with E-state index in [1.54, 1.807) is 12.1 Å². The standard InChI is InChI=1S/C14H16N4O/c19-10-15-11-4-5-12-13(8-11)17-14(16-12)9-18-6-2-1-3-7-18/h4-5,8H,1-3,6-7,9H2,(H,16,17). The number of aromatic nitrogens is 2. The van der Waals surface area contributed by atoms with Crippen LogP contribution >= 0.6 is 0 Å². The highest BCUT2D eigenvalue weighted by Gasteiger charge is 2.12. The molecule has 0 radical (unpaired) electrons. The summed E-state index contributed by atoms with van der Waals surface area (Å²) in [4.78, 5) is 24.2. The molecule has 1 N–H and O–H groups in total. The van der Waals surface area contributed by atoms with Crippen molar-refractivity contribution in [1.29, 1.82) is 0 Å². The van der Waals surface area contributed by atoms with Gasteiger partial charge in [-0.1, -0.05) is 6.42 Å². The van der Waals surface area contributed by atoms with Gasteiger partial charge in [-0.25, -0.2) is 9.78 Å². The average molecular weight is 256 g/mol. The molecule has 98 valence electrons. The number of isocyanates is 1. The number of imidazole rings is 1. The number of piperidine rings is 1. The van der Waals surface area contributed by atoms with E-state index in [4.69, 9.17) is 0 Å². The molecule has 5 heteroatoms. The first-order valence-corrected chi connectivity index (χ1v) is 6.64. The molecule has 3 rings (SSSR count). The molecular weight excluding hydrogens is 240 g/mol. The third kappa shape index (κ3) is 2.72. The second-order valence-corrected chi connectivity index (χ2v) is 4.92. The summed E-state index contributed by atoms with van der Waals surface area (Å²) in [5.41, 5.74) is 2.44. The molecule has 5 nitrogen and oxygen atoms in total. The van der Waals surface area contributed by atoms with Crippen molar-refractivity contribution in [3.05, 3.63) is 24.0 Å². The number of likely N-dealkylation sites (tertiary alicyclic amines) is 1. The van der Waals surface area contributed by atoms with Gasteiger partial charge in [-0.15, -0.1) is 0 Å². The number of hydrogen-bond acceptors (Lipinski definition) is 4. The lowest BCUT2D eigenvalue weighted by molar-refractivity contribution is 0.216. The number of rotatable bonds is 3. The quantitative estimate of drug-likeness (QED) is 0.678. The van der Waals surface area contributed by atoms with Crippen LogP contribution in [0.4, 0.5) is 5.69 Å². The molecule has 0 spiro atoms. The maximum Gasteiger partial charge on any atom is 0.240 e. The zero-order valence-corrected chi connectivity index (χ0v) is 10.7. The lowest BCUT2D eigenvalue weighted by atomic mass is 10.1. The zero-order chi connectivity index (χ0) is 13.1. The number of carbonyl (C=O) groups excluding carboxylic acids is 1. The largest absolute Gasteiger partial charge is 0.341 e. The van der Waals surface area contributed by atoms with Gasteiger partial charge in [-0.3, -0.25) is 4.90 Å². The van der Waals surface area contributed by atoms with Gasteiger partial charge in [0.15, 0.2) is 0 Å². The summed E-state index contributed by atoms with van der Waals surface area (Å²) >= 11 is 0. The van der Waals surface area contributed by atoms with Crippen molar-refractivity contribution in [2.45, 2.75) is 25.8 Å². The van der Waals surface area contributed by atoms with Gasteiger partial charge in [0.25, 0.3) is 0 Å². The number of fused-ring (bicyclic) bond motifs is 1. The number of hydrogen-bond donors (Lipinski definition) is 1. The van der Waals surface area contributed by atoms with Crippen LogP contribution in [0.25, 0.3) is 11.0 Å². The van der Waals surface area contributed by atoms with E-state index in [9.17, 15) is 4.79 Å². The monoisotopic (exact) mass is 256 g/mol. The second kappa shape index (κ2) is 5.34. The van der Waals surface area contributed by atoms with Crippen LogP contribution < -0.4 is 0 Å². The topological polar surface area (TPSA) is 61.4 Å². The van der Waals surface area contributed by atoms with Gasteiger partial charge < -0.3 is 4.98 Å². The van der Waals surface area contributed by atoms with Gasteiger partial charge in [-0.2, -0.15) is 4.99 Å². The Morgan fingerprint density at radius 2 is 2.16 bits per heavy atom. The minimum Gasteiger partial charge on any atom is -0.341 e. The van der Waals surface area contributed by atoms with Crippen LogP contribution in [0.3, 0.4) is 0 Å². The Morgan fingerprint density at radius 1 is 1.32 bits per heavy atom. The Kier molecular flexibility index (Phi) is 3.40. The van der Waals surface area contributed by atoms with Gasteiger partial charge in [0.1, 0.15) is 5.82 Å². The minimum atomic E-state index is 0.607. The molecule has 2 heterocycles. The second-order valence-electron chi connectivity index (χ2n) is 4.92. The van der Waals surface area contributed by atoms with Gasteiger partial charge in [-0.05, 0) is 44.1 Å². The lowest BCUT2D eigenvalue weighted by Crippen LogP contribution is -2.29. The van der Waals surface area contributed by atoms with Crippen molar-refractivity contribution in [3.63, 3.8) is 0 Å². The average Bonchev–Trinajstić information content (AvgIpc) is 2.82. The van der Waals surface area contributed by atoms with E-state index in [1.807, 2.05) is 12.1 Å². The predicted octanol–water partition coefficient (Wildman–Crippen LogP) is 2.52. The van der Waals surface area contributed by atoms with Crippen LogP contribution in [-0.4, -0.2) is 34.0 Å². The highest BCUT2D eigenvalue weighted by Crippen LogP contribution is 2.20. The number of benzene rings is 1. The Balaban J connectivity index is 1.82. The first kappa shape index (κ1) is 12.1. The molecule has 0 atom stereocenters. The summed E-state index contributed by atoms with van der Waals surface area (Å²) < 4.78 is 0. The Morgan fingerprint density at radius 3 is 2.95 bits per heavy atom. The van der Waals surface area contributed by atoms with E-state index < -0.39 is 0 Å². The summed E-state index contributed by atoms with van der Waals surface area (Å²) in [5, 5.41) is 0. The van der Waals surface area contributed by atoms with E-state index in [0.29, 0.717) is 5.69 Å². The number of H-pyrrole nitrogens is 1. The normalized spacial score (nSPS) is 16.4. The van der Waals surface area contributed by atoms with Crippen molar-refractivity contribution in [1.82, 2.24) is 14.9 Å². The van der Waals surface area contributed by atoms with E-state index in [-0.39, 0.29) is 0 Å². The Hall–Kier alpha value is -1.97. The minimum absolute atomic E-state index is 0.607. The van der Waals surface area contributed by atoms with Crippen molar-refractivity contribution >= 4 is 22.8 Å². The number of nitrogens with zero attached hydrogens (tertiary/aromatic N) is 3. The van der Waals surface area contributed by atoms with Crippen LogP contribution in [0.2, 0.25) is 0 Å². The molecule has 0 saturated carbocycles. The molecule has 1 aliphatic rings. The van der Waals surface area contributed by atoms with E-state index in [0.717, 1.165) is 36.5 Å². The maximum atomic E-state index is 10.3. The molecule has 2 aromatic rings. The Labute approximate surface area is 111 Å². The Bertz CT molecular complexity index is 621. The van der Waals surface area contributed by atoms with Crippen LogP contribution in [0.5, 0.6) is 0 Å². The summed E-state index contributed by atoms with van der Waals surface area (Å²) in [6.45, 7) is 3.16. The highest BCUT2D eigenvalue weighted by atomic mass is 16.1. The smallest absolute Gasteiger partial charge is 0.240 e. The fourth-order valence-electron chi connectivity index (χ4n) is 2.58. The van der Waals surface area contributed by atoms with Gasteiger partial charge in [0.05, 0.1) is 23.3 Å². The summed E-state index contributed by atoms with van der Waals surface area (Å²) in [6, 6.07) is 5.48. The molecule has 1 aliphatic heterocycles. The van der Waals surface area contributed by atoms with Crippen molar-refractivity contribution in [2.75, 3.05) is 13.1 Å². The number of aromatic amines is 1. The van der Waals surface area contributed by atoms with E-state index in [2.05, 4.69) is 19.9 Å². The van der Waals surface area contributed by atoms with Crippen molar-refractivity contribution in [3.8, 4) is 0 Å². The molecule has 1 aromatic heterocycles. The molecule has 0 amide bonds. The molecule has 0 aliphatic carbocycles. The van der Waals surface area contributed by atoms with Crippen molar-refractivity contribution in [2.24, 2.45) is 4.99 Å². The van der Waals surface area contributed by atoms with Gasteiger partial charge >= 0.3 is 0 Å². The molecule has 0 unspecified atom stereocenters. The molecule has 19 heavy (non-hydrogen) atoms. The molecular formula is C14H16N4O. The molecule has 1 fully saturated rings. The van der Waals surface area contributed by atoms with Gasteiger partial charge in [0, 0.05) is 0 Å². The number of nitrogens with one attached hydrogen (secondary N) is 1.